The molecule has 3 rings (SSSR count). The van der Waals surface area contributed by atoms with Gasteiger partial charge in [-0.3, -0.25) is 4.68 Å². The maximum Gasteiger partial charge on any atom is 0.148 e. The second-order valence-corrected chi connectivity index (χ2v) is 5.95. The molecule has 94 valence electrons. The van der Waals surface area contributed by atoms with Crippen molar-refractivity contribution in [3.63, 3.8) is 0 Å². The molecule has 17 heavy (non-hydrogen) atoms. The van der Waals surface area contributed by atoms with Gasteiger partial charge in [0.2, 0.25) is 0 Å². The number of hydrogen-bond acceptors (Lipinski definition) is 2. The van der Waals surface area contributed by atoms with Crippen LogP contribution in [0.4, 0.5) is 5.82 Å². The fourth-order valence-electron chi connectivity index (χ4n) is 3.59. The molecule has 1 N–H and O–H groups in total. The average molecular weight is 233 g/mol. The summed E-state index contributed by atoms with van der Waals surface area (Å²) in [6, 6.07) is 2.84. The third-order valence-corrected chi connectivity index (χ3v) is 4.96. The highest BCUT2D eigenvalue weighted by molar-refractivity contribution is 5.38. The number of aromatic nitrogens is 2. The summed E-state index contributed by atoms with van der Waals surface area (Å²) in [5.41, 5.74) is 1.84. The Bertz CT molecular complexity index is 382. The van der Waals surface area contributed by atoms with E-state index in [2.05, 4.69) is 23.4 Å². The number of hydrogen-bond donors (Lipinski definition) is 1. The van der Waals surface area contributed by atoms with Gasteiger partial charge >= 0.3 is 0 Å². The van der Waals surface area contributed by atoms with Crippen LogP contribution in [0, 0.1) is 12.3 Å². The van der Waals surface area contributed by atoms with E-state index in [4.69, 9.17) is 0 Å². The van der Waals surface area contributed by atoms with E-state index < -0.39 is 0 Å². The lowest BCUT2D eigenvalue weighted by Crippen LogP contribution is -2.50. The van der Waals surface area contributed by atoms with E-state index in [0.717, 1.165) is 5.82 Å². The van der Waals surface area contributed by atoms with Crippen LogP contribution in [0.25, 0.3) is 0 Å². The number of nitrogens with one attached hydrogen (secondary N) is 1. The van der Waals surface area contributed by atoms with Gasteiger partial charge in [0.05, 0.1) is 0 Å². The van der Waals surface area contributed by atoms with Crippen molar-refractivity contribution in [1.29, 1.82) is 0 Å². The molecule has 3 heteroatoms. The van der Waals surface area contributed by atoms with Gasteiger partial charge in [0.1, 0.15) is 5.82 Å². The predicted molar refractivity (Wildman–Crippen MR) is 70.1 cm³/mol. The Balaban J connectivity index is 1.69. The van der Waals surface area contributed by atoms with Gasteiger partial charge in [-0.2, -0.15) is 5.10 Å². The minimum Gasteiger partial charge on any atom is -0.365 e. The van der Waals surface area contributed by atoms with Gasteiger partial charge in [-0.25, -0.2) is 0 Å². The Kier molecular flexibility index (Phi) is 2.64. The van der Waals surface area contributed by atoms with Gasteiger partial charge in [-0.15, -0.1) is 0 Å². The third kappa shape index (κ3) is 1.85. The first-order valence-corrected chi connectivity index (χ1v) is 6.97. The molecular formula is C14H23N3. The second kappa shape index (κ2) is 4.04. The number of rotatable bonds is 2. The van der Waals surface area contributed by atoms with E-state index in [9.17, 15) is 0 Å². The molecule has 0 amide bonds. The first-order chi connectivity index (χ1) is 8.20. The molecule has 2 saturated carbocycles. The van der Waals surface area contributed by atoms with Crippen LogP contribution in [0.15, 0.2) is 6.07 Å². The SMILES string of the molecule is Cc1cc(NC2CCC23CCCCC3)nn1C. The van der Waals surface area contributed by atoms with Crippen LogP contribution in [0.5, 0.6) is 0 Å². The predicted octanol–water partition coefficient (Wildman–Crippen LogP) is 3.25. The quantitative estimate of drug-likeness (QED) is 0.849. The van der Waals surface area contributed by atoms with Gasteiger partial charge in [0.25, 0.3) is 0 Å². The van der Waals surface area contributed by atoms with Crippen molar-refractivity contribution in [2.45, 2.75) is 57.9 Å². The monoisotopic (exact) mass is 233 g/mol. The first-order valence-electron chi connectivity index (χ1n) is 6.97. The van der Waals surface area contributed by atoms with Crippen LogP contribution in [0.2, 0.25) is 0 Å². The highest BCUT2D eigenvalue weighted by Crippen LogP contribution is 2.52. The van der Waals surface area contributed by atoms with Gasteiger partial charge in [-0.05, 0) is 38.0 Å². The Morgan fingerprint density at radius 1 is 1.29 bits per heavy atom. The molecule has 0 radical (unpaired) electrons. The zero-order valence-corrected chi connectivity index (χ0v) is 11.0. The van der Waals surface area contributed by atoms with Crippen LogP contribution in [-0.4, -0.2) is 15.8 Å². The van der Waals surface area contributed by atoms with Gasteiger partial charge in [-0.1, -0.05) is 19.3 Å². The smallest absolute Gasteiger partial charge is 0.148 e. The Morgan fingerprint density at radius 3 is 2.59 bits per heavy atom. The van der Waals surface area contributed by atoms with Gasteiger partial charge in [0.15, 0.2) is 0 Å². The van der Waals surface area contributed by atoms with Crippen molar-refractivity contribution < 1.29 is 0 Å². The van der Waals surface area contributed by atoms with E-state index in [1.54, 1.807) is 0 Å². The van der Waals surface area contributed by atoms with E-state index in [1.807, 2.05) is 11.7 Å². The maximum absolute atomic E-state index is 4.52. The molecular weight excluding hydrogens is 210 g/mol. The molecule has 2 aliphatic carbocycles. The summed E-state index contributed by atoms with van der Waals surface area (Å²) in [6.45, 7) is 2.11. The minimum atomic E-state index is 0.615. The van der Waals surface area contributed by atoms with Crippen LogP contribution in [0.3, 0.4) is 0 Å². The Morgan fingerprint density at radius 2 is 2.06 bits per heavy atom. The molecule has 1 heterocycles. The molecule has 2 fully saturated rings. The molecule has 0 saturated heterocycles. The summed E-state index contributed by atoms with van der Waals surface area (Å²) in [4.78, 5) is 0. The molecule has 0 aromatic carbocycles. The van der Waals surface area contributed by atoms with Crippen LogP contribution >= 0.6 is 0 Å². The molecule has 1 atom stereocenters. The van der Waals surface area contributed by atoms with Gasteiger partial charge in [0, 0.05) is 24.8 Å². The second-order valence-electron chi connectivity index (χ2n) is 5.95. The van der Waals surface area contributed by atoms with Gasteiger partial charge < -0.3 is 5.32 Å². The normalized spacial score (nSPS) is 26.8. The fourth-order valence-corrected chi connectivity index (χ4v) is 3.59. The zero-order valence-electron chi connectivity index (χ0n) is 11.0. The molecule has 1 aromatic heterocycles. The van der Waals surface area contributed by atoms with E-state index in [-0.39, 0.29) is 0 Å². The molecule has 1 aromatic rings. The summed E-state index contributed by atoms with van der Waals surface area (Å²) >= 11 is 0. The molecule has 3 nitrogen and oxygen atoms in total. The van der Waals surface area contributed by atoms with Crippen LogP contribution in [-0.2, 0) is 7.05 Å². The van der Waals surface area contributed by atoms with E-state index in [0.29, 0.717) is 11.5 Å². The van der Waals surface area contributed by atoms with Crippen LogP contribution in [0.1, 0.15) is 50.6 Å². The lowest BCUT2D eigenvalue weighted by molar-refractivity contribution is 0.0569. The van der Waals surface area contributed by atoms with Crippen molar-refractivity contribution in [2.24, 2.45) is 12.5 Å². The topological polar surface area (TPSA) is 29.9 Å². The van der Waals surface area contributed by atoms with Crippen molar-refractivity contribution in [1.82, 2.24) is 9.78 Å². The van der Waals surface area contributed by atoms with Crippen molar-refractivity contribution >= 4 is 5.82 Å². The molecule has 0 bridgehead atoms. The maximum atomic E-state index is 4.52. The van der Waals surface area contributed by atoms with E-state index in [1.165, 1.54) is 50.6 Å². The lowest BCUT2D eigenvalue weighted by atomic mass is 9.57. The largest absolute Gasteiger partial charge is 0.365 e. The molecule has 1 spiro atoms. The molecule has 1 unspecified atom stereocenters. The Labute approximate surface area is 104 Å². The average Bonchev–Trinajstić information content (AvgIpc) is 2.66. The molecule has 0 aliphatic heterocycles. The highest BCUT2D eigenvalue weighted by atomic mass is 15.3. The number of nitrogens with zero attached hydrogens (tertiary/aromatic N) is 2. The third-order valence-electron chi connectivity index (χ3n) is 4.96. The highest BCUT2D eigenvalue weighted by Gasteiger charge is 2.46. The molecule has 2 aliphatic rings. The Hall–Kier alpha value is -0.990. The summed E-state index contributed by atoms with van der Waals surface area (Å²) in [6.07, 6.45) is 9.91. The van der Waals surface area contributed by atoms with Crippen molar-refractivity contribution in [3.05, 3.63) is 11.8 Å². The minimum absolute atomic E-state index is 0.615. The van der Waals surface area contributed by atoms with Crippen LogP contribution < -0.4 is 5.32 Å². The van der Waals surface area contributed by atoms with Crippen molar-refractivity contribution in [2.75, 3.05) is 5.32 Å². The standard InChI is InChI=1S/C14H23N3/c1-11-10-13(16-17(11)2)15-12-6-9-14(12)7-4-3-5-8-14/h10,12H,3-9H2,1-2H3,(H,15,16). The van der Waals surface area contributed by atoms with Crippen molar-refractivity contribution in [3.8, 4) is 0 Å². The lowest BCUT2D eigenvalue weighted by Gasteiger charge is -2.52. The number of anilines is 1. The summed E-state index contributed by atoms with van der Waals surface area (Å²) in [5.74, 6) is 1.07. The fraction of sp³-hybridized carbons (Fsp3) is 0.786. The summed E-state index contributed by atoms with van der Waals surface area (Å²) in [7, 11) is 2.01. The summed E-state index contributed by atoms with van der Waals surface area (Å²) in [5, 5.41) is 8.18. The first kappa shape index (κ1) is 11.1. The number of aryl methyl sites for hydroxylation is 2. The van der Waals surface area contributed by atoms with E-state index >= 15 is 0 Å². The zero-order chi connectivity index (χ0) is 11.9. The summed E-state index contributed by atoms with van der Waals surface area (Å²) < 4.78 is 1.95.